The van der Waals surface area contributed by atoms with Gasteiger partial charge < -0.3 is 10.6 Å². The minimum absolute atomic E-state index is 0.118. The second-order valence-corrected chi connectivity index (χ2v) is 7.18. The van der Waals surface area contributed by atoms with Gasteiger partial charge in [0.2, 0.25) is 15.9 Å². The van der Waals surface area contributed by atoms with Crippen LogP contribution < -0.4 is 15.4 Å². The molecule has 2 aromatic rings. The number of hydrogen-bond acceptors (Lipinski definition) is 4. The Morgan fingerprint density at radius 3 is 2.20 bits per heavy atom. The van der Waals surface area contributed by atoms with Crippen molar-refractivity contribution in [3.05, 3.63) is 54.1 Å². The molecule has 0 spiro atoms. The first kappa shape index (κ1) is 18.7. The topological polar surface area (TPSA) is 87.3 Å². The van der Waals surface area contributed by atoms with Gasteiger partial charge in [-0.2, -0.15) is 0 Å². The Morgan fingerprint density at radius 2 is 1.64 bits per heavy atom. The maximum absolute atomic E-state index is 13.5. The van der Waals surface area contributed by atoms with Crippen molar-refractivity contribution in [2.24, 2.45) is 0 Å². The van der Waals surface area contributed by atoms with E-state index in [1.807, 2.05) is 0 Å². The Labute approximate surface area is 144 Å². The fraction of sp³-hybridized carbons (Fsp3) is 0.188. The van der Waals surface area contributed by atoms with Crippen molar-refractivity contribution < 1.29 is 22.0 Å². The summed E-state index contributed by atoms with van der Waals surface area (Å²) in [4.78, 5) is 12.1. The maximum Gasteiger partial charge on any atom is 0.246 e. The Bertz CT molecular complexity index is 871. The minimum atomic E-state index is -3.37. The van der Waals surface area contributed by atoms with E-state index >= 15 is 0 Å². The van der Waals surface area contributed by atoms with Gasteiger partial charge in [0.15, 0.2) is 0 Å². The smallest absolute Gasteiger partial charge is 0.246 e. The van der Waals surface area contributed by atoms with Crippen LogP contribution >= 0.6 is 0 Å². The largest absolute Gasteiger partial charge is 0.374 e. The molecule has 0 bridgehead atoms. The van der Waals surface area contributed by atoms with E-state index in [9.17, 15) is 22.0 Å². The van der Waals surface area contributed by atoms with Crippen molar-refractivity contribution in [3.8, 4) is 0 Å². The number of hydrogen-bond donors (Lipinski definition) is 3. The van der Waals surface area contributed by atoms with E-state index < -0.39 is 33.6 Å². The fourth-order valence-corrected chi connectivity index (χ4v) is 2.56. The third-order valence-corrected chi connectivity index (χ3v) is 3.76. The van der Waals surface area contributed by atoms with Crippen LogP contribution in [0.5, 0.6) is 0 Å². The van der Waals surface area contributed by atoms with Crippen LogP contribution in [0.4, 0.5) is 25.8 Å². The quantitative estimate of drug-likeness (QED) is 0.731. The summed E-state index contributed by atoms with van der Waals surface area (Å²) < 4.78 is 51.0. The van der Waals surface area contributed by atoms with Crippen molar-refractivity contribution in [2.45, 2.75) is 13.0 Å². The number of sulfonamides is 1. The second kappa shape index (κ2) is 7.47. The highest BCUT2D eigenvalue weighted by Crippen LogP contribution is 2.17. The minimum Gasteiger partial charge on any atom is -0.374 e. The van der Waals surface area contributed by atoms with Crippen LogP contribution in [0.15, 0.2) is 42.5 Å². The Kier molecular flexibility index (Phi) is 5.58. The molecule has 134 valence electrons. The number of benzene rings is 2. The van der Waals surface area contributed by atoms with Gasteiger partial charge in [0, 0.05) is 17.4 Å². The van der Waals surface area contributed by atoms with Gasteiger partial charge in [-0.25, -0.2) is 17.2 Å². The summed E-state index contributed by atoms with van der Waals surface area (Å²) in [5.74, 6) is -2.11. The monoisotopic (exact) mass is 369 g/mol. The normalized spacial score (nSPS) is 12.3. The van der Waals surface area contributed by atoms with Gasteiger partial charge in [-0.15, -0.1) is 0 Å². The summed E-state index contributed by atoms with van der Waals surface area (Å²) in [5.41, 5.74) is 0.840. The van der Waals surface area contributed by atoms with E-state index in [1.165, 1.54) is 12.1 Å². The molecule has 0 aliphatic rings. The fourth-order valence-electron chi connectivity index (χ4n) is 2.00. The third-order valence-electron chi connectivity index (χ3n) is 3.15. The van der Waals surface area contributed by atoms with Gasteiger partial charge in [0.25, 0.3) is 0 Å². The lowest BCUT2D eigenvalue weighted by molar-refractivity contribution is -0.116. The van der Waals surface area contributed by atoms with Crippen molar-refractivity contribution in [2.75, 3.05) is 21.6 Å². The van der Waals surface area contributed by atoms with Gasteiger partial charge in [-0.3, -0.25) is 9.52 Å². The lowest BCUT2D eigenvalue weighted by atomic mass is 10.2. The van der Waals surface area contributed by atoms with Crippen molar-refractivity contribution in [1.82, 2.24) is 0 Å². The van der Waals surface area contributed by atoms with Crippen LogP contribution in [0.1, 0.15) is 6.92 Å². The molecule has 0 radical (unpaired) electrons. The molecule has 0 aliphatic carbocycles. The lowest BCUT2D eigenvalue weighted by Gasteiger charge is -2.16. The van der Waals surface area contributed by atoms with E-state index in [1.54, 1.807) is 19.1 Å². The molecule has 0 saturated carbocycles. The van der Waals surface area contributed by atoms with Gasteiger partial charge in [-0.1, -0.05) is 0 Å². The average Bonchev–Trinajstić information content (AvgIpc) is 2.50. The number of rotatable bonds is 6. The Morgan fingerprint density at radius 1 is 1.04 bits per heavy atom. The van der Waals surface area contributed by atoms with E-state index in [4.69, 9.17) is 0 Å². The number of carbonyl (C=O) groups excluding carboxylic acids is 1. The first-order valence-electron chi connectivity index (χ1n) is 7.24. The SMILES string of the molecule is CC(Nc1ccc(NS(C)(=O)=O)cc1)C(=O)Nc1ccc(F)cc1F. The second-order valence-electron chi connectivity index (χ2n) is 5.43. The van der Waals surface area contributed by atoms with E-state index in [-0.39, 0.29) is 5.69 Å². The third kappa shape index (κ3) is 5.71. The molecule has 2 aromatic carbocycles. The molecule has 6 nitrogen and oxygen atoms in total. The molecule has 3 N–H and O–H groups in total. The van der Waals surface area contributed by atoms with Gasteiger partial charge in [-0.05, 0) is 43.3 Å². The van der Waals surface area contributed by atoms with Crippen LogP contribution in [0.25, 0.3) is 0 Å². The van der Waals surface area contributed by atoms with Crippen molar-refractivity contribution in [1.29, 1.82) is 0 Å². The number of anilines is 3. The van der Waals surface area contributed by atoms with Crippen LogP contribution in [-0.2, 0) is 14.8 Å². The van der Waals surface area contributed by atoms with E-state index in [0.29, 0.717) is 17.4 Å². The van der Waals surface area contributed by atoms with Gasteiger partial charge in [0.05, 0.1) is 11.9 Å². The molecule has 25 heavy (non-hydrogen) atoms. The number of halogens is 2. The highest BCUT2D eigenvalue weighted by Gasteiger charge is 2.15. The molecule has 0 aliphatic heterocycles. The standard InChI is InChI=1S/C16H17F2N3O3S/c1-10(16(22)20-15-8-3-11(17)9-14(15)18)19-12-4-6-13(7-5-12)21-25(2,23)24/h3-10,19,21H,1-2H3,(H,20,22). The summed E-state index contributed by atoms with van der Waals surface area (Å²) in [6.07, 6.45) is 1.04. The lowest BCUT2D eigenvalue weighted by Crippen LogP contribution is -2.32. The highest BCUT2D eigenvalue weighted by molar-refractivity contribution is 7.92. The number of amides is 1. The predicted molar refractivity (Wildman–Crippen MR) is 93.0 cm³/mol. The summed E-state index contributed by atoms with van der Waals surface area (Å²) in [7, 11) is -3.37. The molecule has 2 rings (SSSR count). The van der Waals surface area contributed by atoms with Gasteiger partial charge >= 0.3 is 0 Å². The molecular weight excluding hydrogens is 352 g/mol. The van der Waals surface area contributed by atoms with E-state index in [2.05, 4.69) is 15.4 Å². The summed E-state index contributed by atoms with van der Waals surface area (Å²) in [5, 5.41) is 5.26. The van der Waals surface area contributed by atoms with E-state index in [0.717, 1.165) is 18.4 Å². The van der Waals surface area contributed by atoms with Crippen molar-refractivity contribution >= 4 is 33.0 Å². The molecule has 0 saturated heterocycles. The molecule has 1 amide bonds. The van der Waals surface area contributed by atoms with Gasteiger partial charge in [0.1, 0.15) is 17.7 Å². The molecule has 0 heterocycles. The number of nitrogens with one attached hydrogen (secondary N) is 3. The Balaban J connectivity index is 1.98. The first-order valence-corrected chi connectivity index (χ1v) is 9.13. The molecule has 0 fully saturated rings. The highest BCUT2D eigenvalue weighted by atomic mass is 32.2. The Hall–Kier alpha value is -2.68. The molecule has 1 atom stereocenters. The average molecular weight is 369 g/mol. The van der Waals surface area contributed by atoms with Crippen LogP contribution in [0.3, 0.4) is 0 Å². The zero-order valence-corrected chi connectivity index (χ0v) is 14.3. The summed E-state index contributed by atoms with van der Waals surface area (Å²) in [6, 6.07) is 8.41. The first-order chi connectivity index (χ1) is 11.6. The van der Waals surface area contributed by atoms with Crippen LogP contribution in [0, 0.1) is 11.6 Å². The summed E-state index contributed by atoms with van der Waals surface area (Å²) >= 11 is 0. The zero-order valence-electron chi connectivity index (χ0n) is 13.5. The zero-order chi connectivity index (χ0) is 18.6. The molecular formula is C16H17F2N3O3S. The maximum atomic E-state index is 13.5. The molecule has 9 heteroatoms. The van der Waals surface area contributed by atoms with Crippen LogP contribution in [-0.4, -0.2) is 26.6 Å². The van der Waals surface area contributed by atoms with Crippen LogP contribution in [0.2, 0.25) is 0 Å². The number of carbonyl (C=O) groups is 1. The molecule has 0 aromatic heterocycles. The van der Waals surface area contributed by atoms with Crippen molar-refractivity contribution in [3.63, 3.8) is 0 Å². The predicted octanol–water partition coefficient (Wildman–Crippen LogP) is 2.78. The summed E-state index contributed by atoms with van der Waals surface area (Å²) in [6.45, 7) is 1.57. The molecule has 1 unspecified atom stereocenters.